The second-order valence-corrected chi connectivity index (χ2v) is 6.37. The number of alkyl halides is 3. The maximum Gasteiger partial charge on any atom is 0.417 e. The number of halogens is 3. The maximum absolute atomic E-state index is 12.6. The van der Waals surface area contributed by atoms with Crippen molar-refractivity contribution in [3.05, 3.63) is 54.2 Å². The van der Waals surface area contributed by atoms with Gasteiger partial charge in [0.05, 0.1) is 16.6 Å². The van der Waals surface area contributed by atoms with E-state index in [1.807, 2.05) is 12.1 Å². The Morgan fingerprint density at radius 1 is 0.926 bits per heavy atom. The molecule has 1 aliphatic rings. The first-order chi connectivity index (χ1) is 13.0. The Morgan fingerprint density at radius 2 is 1.74 bits per heavy atom. The molecule has 0 aliphatic carbocycles. The van der Waals surface area contributed by atoms with Crippen LogP contribution >= 0.6 is 0 Å². The van der Waals surface area contributed by atoms with E-state index in [2.05, 4.69) is 29.7 Å². The lowest BCUT2D eigenvalue weighted by Crippen LogP contribution is -2.46. The monoisotopic (exact) mass is 374 g/mol. The second-order valence-electron chi connectivity index (χ2n) is 6.37. The molecule has 3 aromatic heterocycles. The normalized spacial score (nSPS) is 16.0. The molecule has 1 fully saturated rings. The SMILES string of the molecule is FC(F)(F)c1ccc(CN2CCN(c3ncnc4ncccc34)CC2)nc1. The van der Waals surface area contributed by atoms with Crippen LogP contribution in [0.5, 0.6) is 0 Å². The molecular formula is C18H17F3N6. The average Bonchev–Trinajstić information content (AvgIpc) is 2.68. The largest absolute Gasteiger partial charge is 0.417 e. The molecule has 6 nitrogen and oxygen atoms in total. The van der Waals surface area contributed by atoms with Gasteiger partial charge in [0.2, 0.25) is 0 Å². The molecule has 0 bridgehead atoms. The van der Waals surface area contributed by atoms with Gasteiger partial charge in [0.15, 0.2) is 5.65 Å². The fraction of sp³-hybridized carbons (Fsp3) is 0.333. The highest BCUT2D eigenvalue weighted by atomic mass is 19.4. The van der Waals surface area contributed by atoms with Crippen LogP contribution in [0, 0.1) is 0 Å². The van der Waals surface area contributed by atoms with E-state index in [-0.39, 0.29) is 0 Å². The summed E-state index contributed by atoms with van der Waals surface area (Å²) in [4.78, 5) is 21.2. The van der Waals surface area contributed by atoms with Crippen LogP contribution in [0.2, 0.25) is 0 Å². The fourth-order valence-electron chi connectivity index (χ4n) is 3.17. The third kappa shape index (κ3) is 3.82. The molecule has 1 aliphatic heterocycles. The quantitative estimate of drug-likeness (QED) is 0.703. The van der Waals surface area contributed by atoms with Crippen molar-refractivity contribution < 1.29 is 13.2 Å². The van der Waals surface area contributed by atoms with Gasteiger partial charge in [-0.05, 0) is 24.3 Å². The number of rotatable bonds is 3. The summed E-state index contributed by atoms with van der Waals surface area (Å²) in [6.45, 7) is 3.60. The van der Waals surface area contributed by atoms with Gasteiger partial charge >= 0.3 is 6.18 Å². The second kappa shape index (κ2) is 7.07. The van der Waals surface area contributed by atoms with E-state index in [0.717, 1.165) is 49.6 Å². The summed E-state index contributed by atoms with van der Waals surface area (Å²) in [5.41, 5.74) is 0.576. The van der Waals surface area contributed by atoms with E-state index in [4.69, 9.17) is 0 Å². The molecule has 4 rings (SSSR count). The summed E-state index contributed by atoms with van der Waals surface area (Å²) >= 11 is 0. The molecule has 3 aromatic rings. The van der Waals surface area contributed by atoms with Crippen molar-refractivity contribution >= 4 is 16.9 Å². The minimum absolute atomic E-state index is 0.526. The van der Waals surface area contributed by atoms with Crippen LogP contribution in [-0.2, 0) is 12.7 Å². The molecule has 0 radical (unpaired) electrons. The molecule has 9 heteroatoms. The summed E-state index contributed by atoms with van der Waals surface area (Å²) < 4.78 is 37.9. The minimum Gasteiger partial charge on any atom is -0.353 e. The van der Waals surface area contributed by atoms with Gasteiger partial charge in [0, 0.05) is 45.1 Å². The van der Waals surface area contributed by atoms with E-state index >= 15 is 0 Å². The summed E-state index contributed by atoms with van der Waals surface area (Å²) in [5, 5.41) is 0.915. The number of piperazine rings is 1. The summed E-state index contributed by atoms with van der Waals surface area (Å²) in [5.74, 6) is 0.861. The number of anilines is 1. The van der Waals surface area contributed by atoms with Gasteiger partial charge < -0.3 is 4.90 Å². The van der Waals surface area contributed by atoms with Crippen molar-refractivity contribution in [2.24, 2.45) is 0 Å². The van der Waals surface area contributed by atoms with Crippen molar-refractivity contribution in [2.75, 3.05) is 31.1 Å². The molecule has 0 amide bonds. The Kier molecular flexibility index (Phi) is 4.61. The summed E-state index contributed by atoms with van der Waals surface area (Å²) in [6, 6.07) is 6.34. The smallest absolute Gasteiger partial charge is 0.353 e. The Hall–Kier alpha value is -2.81. The Labute approximate surface area is 153 Å². The number of nitrogens with zero attached hydrogens (tertiary/aromatic N) is 6. The fourth-order valence-corrected chi connectivity index (χ4v) is 3.17. The summed E-state index contributed by atoms with van der Waals surface area (Å²) in [6.07, 6.45) is -0.241. The lowest BCUT2D eigenvalue weighted by Gasteiger charge is -2.35. The first-order valence-electron chi connectivity index (χ1n) is 8.56. The third-order valence-electron chi connectivity index (χ3n) is 4.60. The van der Waals surface area contributed by atoms with Crippen molar-refractivity contribution in [3.63, 3.8) is 0 Å². The zero-order chi connectivity index (χ0) is 18.9. The van der Waals surface area contributed by atoms with E-state index in [9.17, 15) is 13.2 Å². The zero-order valence-corrected chi connectivity index (χ0v) is 14.4. The highest BCUT2D eigenvalue weighted by Crippen LogP contribution is 2.28. The molecule has 4 heterocycles. The molecule has 0 atom stereocenters. The average molecular weight is 374 g/mol. The van der Waals surface area contributed by atoms with Crippen LogP contribution in [0.3, 0.4) is 0 Å². The predicted octanol–water partition coefficient (Wildman–Crippen LogP) is 2.76. The molecule has 140 valence electrons. The standard InChI is InChI=1S/C18H17F3N6/c19-18(20,21)13-3-4-14(23-10-13)11-26-6-8-27(9-7-26)17-15-2-1-5-22-16(15)24-12-25-17/h1-5,10,12H,6-9,11H2. The predicted molar refractivity (Wildman–Crippen MR) is 94.1 cm³/mol. The number of hydrogen-bond acceptors (Lipinski definition) is 6. The minimum atomic E-state index is -4.35. The van der Waals surface area contributed by atoms with Crippen LogP contribution in [-0.4, -0.2) is 51.0 Å². The molecular weight excluding hydrogens is 357 g/mol. The third-order valence-corrected chi connectivity index (χ3v) is 4.60. The van der Waals surface area contributed by atoms with Crippen molar-refractivity contribution in [2.45, 2.75) is 12.7 Å². The van der Waals surface area contributed by atoms with Crippen LogP contribution in [0.15, 0.2) is 43.0 Å². The Balaban J connectivity index is 1.40. The van der Waals surface area contributed by atoms with E-state index in [0.29, 0.717) is 17.9 Å². The van der Waals surface area contributed by atoms with Crippen LogP contribution in [0.4, 0.5) is 19.0 Å². The van der Waals surface area contributed by atoms with Gasteiger partial charge in [-0.25, -0.2) is 15.0 Å². The van der Waals surface area contributed by atoms with E-state index in [1.54, 1.807) is 6.20 Å². The van der Waals surface area contributed by atoms with Gasteiger partial charge in [-0.2, -0.15) is 13.2 Å². The number of hydrogen-bond donors (Lipinski definition) is 0. The highest BCUT2D eigenvalue weighted by molar-refractivity contribution is 5.86. The van der Waals surface area contributed by atoms with Crippen molar-refractivity contribution in [1.29, 1.82) is 0 Å². The Morgan fingerprint density at radius 3 is 2.44 bits per heavy atom. The van der Waals surface area contributed by atoms with E-state index in [1.165, 1.54) is 12.4 Å². The van der Waals surface area contributed by atoms with Gasteiger partial charge in [0.1, 0.15) is 12.1 Å². The molecule has 0 N–H and O–H groups in total. The lowest BCUT2D eigenvalue weighted by atomic mass is 10.2. The zero-order valence-electron chi connectivity index (χ0n) is 14.4. The lowest BCUT2D eigenvalue weighted by molar-refractivity contribution is -0.137. The van der Waals surface area contributed by atoms with E-state index < -0.39 is 11.7 Å². The first kappa shape index (κ1) is 17.6. The van der Waals surface area contributed by atoms with Gasteiger partial charge in [-0.3, -0.25) is 9.88 Å². The molecule has 0 saturated carbocycles. The molecule has 0 aromatic carbocycles. The van der Waals surface area contributed by atoms with Crippen molar-refractivity contribution in [3.8, 4) is 0 Å². The summed E-state index contributed by atoms with van der Waals surface area (Å²) in [7, 11) is 0. The number of fused-ring (bicyclic) bond motifs is 1. The molecule has 0 spiro atoms. The van der Waals surface area contributed by atoms with Gasteiger partial charge in [0.25, 0.3) is 0 Å². The van der Waals surface area contributed by atoms with Crippen LogP contribution in [0.25, 0.3) is 11.0 Å². The maximum atomic E-state index is 12.6. The first-order valence-corrected chi connectivity index (χ1v) is 8.56. The number of aromatic nitrogens is 4. The molecule has 1 saturated heterocycles. The topological polar surface area (TPSA) is 58.0 Å². The number of pyridine rings is 2. The Bertz CT molecular complexity index is 915. The van der Waals surface area contributed by atoms with Crippen molar-refractivity contribution in [1.82, 2.24) is 24.8 Å². The van der Waals surface area contributed by atoms with Crippen LogP contribution in [0.1, 0.15) is 11.3 Å². The van der Waals surface area contributed by atoms with Gasteiger partial charge in [-0.15, -0.1) is 0 Å². The van der Waals surface area contributed by atoms with Crippen LogP contribution < -0.4 is 4.90 Å². The molecule has 27 heavy (non-hydrogen) atoms. The molecule has 0 unspecified atom stereocenters. The van der Waals surface area contributed by atoms with Gasteiger partial charge in [-0.1, -0.05) is 0 Å². The highest BCUT2D eigenvalue weighted by Gasteiger charge is 2.30.